The van der Waals surface area contributed by atoms with Gasteiger partial charge < -0.3 is 14.7 Å². The molecule has 4 rings (SSSR count). The van der Waals surface area contributed by atoms with Gasteiger partial charge in [-0.25, -0.2) is 13.9 Å². The van der Waals surface area contributed by atoms with Gasteiger partial charge in [0.05, 0.1) is 31.2 Å². The van der Waals surface area contributed by atoms with Gasteiger partial charge in [0.1, 0.15) is 12.2 Å². The summed E-state index contributed by atoms with van der Waals surface area (Å²) < 4.78 is 23.4. The monoisotopic (exact) mass is 473 g/mol. The molecular weight excluding hydrogens is 445 g/mol. The van der Waals surface area contributed by atoms with Crippen LogP contribution < -0.4 is 20.8 Å². The van der Waals surface area contributed by atoms with Gasteiger partial charge in [-0.3, -0.25) is 9.36 Å². The Bertz CT molecular complexity index is 1270. The highest BCUT2D eigenvalue weighted by atomic mass is 19.1. The molecule has 3 aromatic rings. The van der Waals surface area contributed by atoms with E-state index in [1.165, 1.54) is 25.4 Å². The molecule has 34 heavy (non-hydrogen) atoms. The van der Waals surface area contributed by atoms with E-state index in [4.69, 9.17) is 9.57 Å². The van der Waals surface area contributed by atoms with E-state index in [2.05, 4.69) is 10.3 Å². The second kappa shape index (κ2) is 9.80. The second-order valence-corrected chi connectivity index (χ2v) is 8.57. The highest BCUT2D eigenvalue weighted by Gasteiger charge is 2.31. The van der Waals surface area contributed by atoms with Crippen LogP contribution in [-0.4, -0.2) is 42.6 Å². The Morgan fingerprint density at radius 3 is 2.79 bits per heavy atom. The first-order valence-corrected chi connectivity index (χ1v) is 11.3. The summed E-state index contributed by atoms with van der Waals surface area (Å²) in [5.74, 6) is 0.144. The number of nitrogens with zero attached hydrogens (tertiary/aromatic N) is 5. The number of halogens is 1. The average Bonchev–Trinajstić information content (AvgIpc) is 3.57. The summed E-state index contributed by atoms with van der Waals surface area (Å²) in [5.41, 5.74) is -1.14. The predicted molar refractivity (Wildman–Crippen MR) is 120 cm³/mol. The van der Waals surface area contributed by atoms with E-state index in [-0.39, 0.29) is 18.9 Å². The van der Waals surface area contributed by atoms with Crippen molar-refractivity contribution >= 4 is 0 Å². The lowest BCUT2D eigenvalue weighted by Crippen LogP contribution is -2.40. The third-order valence-electron chi connectivity index (χ3n) is 6.08. The molecular formula is C23H28FN5O5. The molecule has 2 heterocycles. The Hall–Kier alpha value is -3.47. The number of hydrogen-bond acceptors (Lipinski definition) is 7. The summed E-state index contributed by atoms with van der Waals surface area (Å²) in [7, 11) is 1.37. The summed E-state index contributed by atoms with van der Waals surface area (Å²) in [4.78, 5) is 29.1. The van der Waals surface area contributed by atoms with E-state index in [0.717, 1.165) is 22.1 Å². The summed E-state index contributed by atoms with van der Waals surface area (Å²) in [6.07, 6.45) is 5.71. The number of rotatable bonds is 11. The van der Waals surface area contributed by atoms with Gasteiger partial charge in [-0.2, -0.15) is 0 Å². The van der Waals surface area contributed by atoms with Crippen molar-refractivity contribution in [2.75, 3.05) is 13.2 Å². The van der Waals surface area contributed by atoms with Crippen LogP contribution in [0.25, 0.3) is 0 Å². The molecule has 0 amide bonds. The van der Waals surface area contributed by atoms with E-state index in [1.807, 2.05) is 6.92 Å². The zero-order valence-electron chi connectivity index (χ0n) is 19.2. The minimum absolute atomic E-state index is 0.0896. The van der Waals surface area contributed by atoms with Crippen LogP contribution in [0.1, 0.15) is 37.4 Å². The number of hydrogen-bond donors (Lipinski definition) is 1. The molecule has 1 aliphatic rings. The number of benzene rings is 1. The maximum Gasteiger partial charge on any atom is 0.363 e. The Morgan fingerprint density at radius 2 is 2.06 bits per heavy atom. The minimum Gasteiger partial charge on any atom is -0.490 e. The Kier molecular flexibility index (Phi) is 6.82. The average molecular weight is 474 g/mol. The Balaban J connectivity index is 1.45. The topological polar surface area (TPSA) is 113 Å². The van der Waals surface area contributed by atoms with Crippen LogP contribution in [0.2, 0.25) is 0 Å². The van der Waals surface area contributed by atoms with E-state index in [9.17, 15) is 19.1 Å². The van der Waals surface area contributed by atoms with Gasteiger partial charge >= 0.3 is 5.69 Å². The van der Waals surface area contributed by atoms with Gasteiger partial charge in [-0.15, -0.1) is 9.83 Å². The van der Waals surface area contributed by atoms with E-state index < -0.39 is 22.7 Å². The first-order chi connectivity index (χ1) is 16.3. The first-order valence-electron chi connectivity index (χ1n) is 11.3. The minimum atomic E-state index is -1.33. The number of ether oxygens (including phenoxy) is 1. The SMILES string of the molecule is CC[C@@](O)(Cn1nncc1CCOn1ccc(=O)n(C)c1=O)c1ccc(F)c(OCC2CC2)c1. The lowest BCUT2D eigenvalue weighted by atomic mass is 9.90. The lowest BCUT2D eigenvalue weighted by Gasteiger charge is -2.28. The summed E-state index contributed by atoms with van der Waals surface area (Å²) >= 11 is 0. The smallest absolute Gasteiger partial charge is 0.363 e. The maximum absolute atomic E-state index is 14.2. The predicted octanol–water partition coefficient (Wildman–Crippen LogP) is 1.04. The van der Waals surface area contributed by atoms with Gasteiger partial charge in [-0.1, -0.05) is 18.2 Å². The van der Waals surface area contributed by atoms with Crippen LogP contribution in [0, 0.1) is 11.7 Å². The second-order valence-electron chi connectivity index (χ2n) is 8.57. The van der Waals surface area contributed by atoms with Crippen LogP contribution in [0.3, 0.4) is 0 Å². The van der Waals surface area contributed by atoms with Crippen LogP contribution in [0.15, 0.2) is 46.2 Å². The van der Waals surface area contributed by atoms with Crippen molar-refractivity contribution in [3.63, 3.8) is 0 Å². The molecule has 182 valence electrons. The molecule has 0 bridgehead atoms. The molecule has 0 saturated heterocycles. The van der Waals surface area contributed by atoms with Gasteiger partial charge in [0.25, 0.3) is 5.56 Å². The molecule has 0 radical (unpaired) electrons. The zero-order valence-corrected chi connectivity index (χ0v) is 19.2. The van der Waals surface area contributed by atoms with Crippen LogP contribution in [0.5, 0.6) is 5.75 Å². The third-order valence-corrected chi connectivity index (χ3v) is 6.08. The third kappa shape index (κ3) is 5.19. The fourth-order valence-electron chi connectivity index (χ4n) is 3.55. The quantitative estimate of drug-likeness (QED) is 0.443. The fourth-order valence-corrected chi connectivity index (χ4v) is 3.55. The lowest BCUT2D eigenvalue weighted by molar-refractivity contribution is 0.00896. The highest BCUT2D eigenvalue weighted by Crippen LogP contribution is 2.33. The molecule has 1 aromatic carbocycles. The Labute approximate surface area is 195 Å². The molecule has 1 saturated carbocycles. The van der Waals surface area contributed by atoms with Gasteiger partial charge in [0.15, 0.2) is 11.6 Å². The summed E-state index contributed by atoms with van der Waals surface area (Å²) in [5, 5.41) is 19.4. The molecule has 1 N–H and O–H groups in total. The van der Waals surface area contributed by atoms with Crippen molar-refractivity contribution in [1.29, 1.82) is 0 Å². The van der Waals surface area contributed by atoms with Crippen LogP contribution in [-0.2, 0) is 25.6 Å². The van der Waals surface area contributed by atoms with Crippen molar-refractivity contribution in [3.05, 3.63) is 74.6 Å². The van der Waals surface area contributed by atoms with Crippen molar-refractivity contribution in [2.24, 2.45) is 13.0 Å². The molecule has 11 heteroatoms. The maximum atomic E-state index is 14.2. The number of aromatic nitrogens is 5. The molecule has 1 atom stereocenters. The Morgan fingerprint density at radius 1 is 1.26 bits per heavy atom. The van der Waals surface area contributed by atoms with E-state index in [1.54, 1.807) is 23.0 Å². The van der Waals surface area contributed by atoms with Crippen LogP contribution >= 0.6 is 0 Å². The molecule has 0 unspecified atom stereocenters. The molecule has 1 fully saturated rings. The van der Waals surface area contributed by atoms with E-state index in [0.29, 0.717) is 36.6 Å². The fraction of sp³-hybridized carbons (Fsp3) is 0.478. The summed E-state index contributed by atoms with van der Waals surface area (Å²) in [6.45, 7) is 2.51. The molecule has 10 nitrogen and oxygen atoms in total. The molecule has 2 aromatic heterocycles. The largest absolute Gasteiger partial charge is 0.490 e. The number of aliphatic hydroxyl groups is 1. The van der Waals surface area contributed by atoms with Gasteiger partial charge in [0.2, 0.25) is 0 Å². The van der Waals surface area contributed by atoms with Gasteiger partial charge in [-0.05, 0) is 42.9 Å². The molecule has 1 aliphatic carbocycles. The van der Waals surface area contributed by atoms with Crippen LogP contribution in [0.4, 0.5) is 4.39 Å². The highest BCUT2D eigenvalue weighted by molar-refractivity contribution is 5.34. The molecule has 0 spiro atoms. The van der Waals surface area contributed by atoms with Crippen molar-refractivity contribution in [2.45, 2.75) is 44.8 Å². The zero-order chi connectivity index (χ0) is 24.3. The first kappa shape index (κ1) is 23.7. The van der Waals surface area contributed by atoms with Crippen molar-refractivity contribution < 1.29 is 19.1 Å². The summed E-state index contributed by atoms with van der Waals surface area (Å²) in [6, 6.07) is 5.64. The standard InChI is InChI=1S/C23H28FN5O5/c1-3-23(32,17-6-7-19(24)20(12-17)33-14-16-4-5-16)15-28-18(13-25-26-28)9-11-34-29-10-8-21(30)27(2)22(29)31/h6-8,10,12-13,16,32H,3-5,9,11,14-15H2,1-2H3/t23-/m1/s1. The molecule has 0 aliphatic heterocycles. The van der Waals surface area contributed by atoms with E-state index >= 15 is 0 Å². The normalized spacial score (nSPS) is 15.2. The van der Waals surface area contributed by atoms with Crippen molar-refractivity contribution in [1.82, 2.24) is 24.3 Å². The van der Waals surface area contributed by atoms with Gasteiger partial charge in [0, 0.05) is 19.5 Å². The van der Waals surface area contributed by atoms with Crippen molar-refractivity contribution in [3.8, 4) is 5.75 Å².